The zero-order chi connectivity index (χ0) is 22.4. The van der Waals surface area contributed by atoms with Crippen LogP contribution in [-0.4, -0.2) is 21.6 Å². The van der Waals surface area contributed by atoms with Crippen LogP contribution >= 0.6 is 0 Å². The van der Waals surface area contributed by atoms with E-state index in [1.54, 1.807) is 44.3 Å². The molecule has 3 aromatic rings. The van der Waals surface area contributed by atoms with Crippen LogP contribution in [0.4, 0.5) is 10.5 Å². The SMILES string of the molecule is CC(C)(Cc1ccc(-c2ccc(OCc3ccccc3)nc2)cc1[N+](=O)[O-])OC(N)=O. The van der Waals surface area contributed by atoms with Gasteiger partial charge in [-0.3, -0.25) is 10.1 Å². The van der Waals surface area contributed by atoms with E-state index >= 15 is 0 Å². The Morgan fingerprint density at radius 2 is 1.81 bits per heavy atom. The summed E-state index contributed by atoms with van der Waals surface area (Å²) < 4.78 is 10.7. The highest BCUT2D eigenvalue weighted by molar-refractivity contribution is 5.67. The molecule has 0 bridgehead atoms. The molecule has 8 heteroatoms. The predicted octanol–water partition coefficient (Wildman–Crippen LogP) is 4.65. The monoisotopic (exact) mass is 421 g/mol. The van der Waals surface area contributed by atoms with Crippen LogP contribution in [0.25, 0.3) is 11.1 Å². The van der Waals surface area contributed by atoms with Gasteiger partial charge in [-0.1, -0.05) is 42.5 Å². The van der Waals surface area contributed by atoms with Crippen molar-refractivity contribution in [3.63, 3.8) is 0 Å². The predicted molar refractivity (Wildman–Crippen MR) is 116 cm³/mol. The van der Waals surface area contributed by atoms with Crippen LogP contribution < -0.4 is 10.5 Å². The number of ether oxygens (including phenoxy) is 2. The third kappa shape index (κ3) is 6.02. The van der Waals surface area contributed by atoms with Crippen molar-refractivity contribution in [2.24, 2.45) is 5.73 Å². The Morgan fingerprint density at radius 3 is 2.42 bits per heavy atom. The molecule has 0 atom stereocenters. The Labute approximate surface area is 179 Å². The number of hydrogen-bond acceptors (Lipinski definition) is 6. The number of carbonyl (C=O) groups is 1. The summed E-state index contributed by atoms with van der Waals surface area (Å²) in [6.07, 6.45) is 0.834. The number of benzene rings is 2. The maximum absolute atomic E-state index is 11.6. The zero-order valence-electron chi connectivity index (χ0n) is 17.3. The molecule has 2 aromatic carbocycles. The summed E-state index contributed by atoms with van der Waals surface area (Å²) in [5.74, 6) is 0.462. The maximum Gasteiger partial charge on any atom is 0.405 e. The third-order valence-corrected chi connectivity index (χ3v) is 4.57. The summed E-state index contributed by atoms with van der Waals surface area (Å²) in [5, 5.41) is 11.6. The van der Waals surface area contributed by atoms with E-state index in [2.05, 4.69) is 4.98 Å². The van der Waals surface area contributed by atoms with Crippen molar-refractivity contribution in [1.29, 1.82) is 0 Å². The average molecular weight is 421 g/mol. The molecule has 31 heavy (non-hydrogen) atoms. The second-order valence-corrected chi connectivity index (χ2v) is 7.62. The summed E-state index contributed by atoms with van der Waals surface area (Å²) in [6, 6.07) is 18.2. The van der Waals surface area contributed by atoms with Gasteiger partial charge in [0.2, 0.25) is 5.88 Å². The lowest BCUT2D eigenvalue weighted by atomic mass is 9.95. The van der Waals surface area contributed by atoms with Gasteiger partial charge in [0, 0.05) is 35.9 Å². The number of nitro groups is 1. The number of pyridine rings is 1. The van der Waals surface area contributed by atoms with Gasteiger partial charge in [-0.15, -0.1) is 0 Å². The molecule has 0 fully saturated rings. The largest absolute Gasteiger partial charge is 0.473 e. The molecular weight excluding hydrogens is 398 g/mol. The fourth-order valence-corrected chi connectivity index (χ4v) is 3.20. The first-order chi connectivity index (χ1) is 14.7. The molecule has 0 radical (unpaired) electrons. The molecule has 1 heterocycles. The van der Waals surface area contributed by atoms with Crippen LogP contribution in [0.1, 0.15) is 25.0 Å². The standard InChI is InChI=1S/C23H23N3O5/c1-23(2,31-22(24)27)13-18-9-8-17(12-20(18)26(28)29)19-10-11-21(25-14-19)30-15-16-6-4-3-5-7-16/h3-12,14H,13,15H2,1-2H3,(H2,24,27). The van der Waals surface area contributed by atoms with Crippen LogP contribution in [0.15, 0.2) is 66.9 Å². The minimum atomic E-state index is -0.975. The van der Waals surface area contributed by atoms with E-state index in [4.69, 9.17) is 15.2 Å². The summed E-state index contributed by atoms with van der Waals surface area (Å²) in [4.78, 5) is 26.5. The van der Waals surface area contributed by atoms with Crippen molar-refractivity contribution in [2.75, 3.05) is 0 Å². The van der Waals surface area contributed by atoms with Crippen molar-refractivity contribution in [3.8, 4) is 17.0 Å². The van der Waals surface area contributed by atoms with Gasteiger partial charge in [0.1, 0.15) is 12.2 Å². The number of nitro benzene ring substituents is 1. The Balaban J connectivity index is 1.77. The number of primary amides is 1. The van der Waals surface area contributed by atoms with Gasteiger partial charge in [-0.25, -0.2) is 9.78 Å². The summed E-state index contributed by atoms with van der Waals surface area (Å²) in [6.45, 7) is 3.69. The molecule has 3 rings (SSSR count). The smallest absolute Gasteiger partial charge is 0.405 e. The molecule has 0 spiro atoms. The minimum absolute atomic E-state index is 0.0666. The van der Waals surface area contributed by atoms with Gasteiger partial charge < -0.3 is 15.2 Å². The van der Waals surface area contributed by atoms with E-state index in [-0.39, 0.29) is 12.1 Å². The van der Waals surface area contributed by atoms with Gasteiger partial charge in [-0.2, -0.15) is 0 Å². The number of hydrogen-bond donors (Lipinski definition) is 1. The summed E-state index contributed by atoms with van der Waals surface area (Å²) in [5.41, 5.74) is 6.88. The average Bonchev–Trinajstić information content (AvgIpc) is 2.72. The second-order valence-electron chi connectivity index (χ2n) is 7.62. The molecule has 0 aliphatic heterocycles. The van der Waals surface area contributed by atoms with Gasteiger partial charge in [0.25, 0.3) is 5.69 Å². The molecule has 0 saturated carbocycles. The van der Waals surface area contributed by atoms with Crippen molar-refractivity contribution >= 4 is 11.8 Å². The molecule has 1 amide bonds. The molecular formula is C23H23N3O5. The molecule has 0 unspecified atom stereocenters. The van der Waals surface area contributed by atoms with Crippen molar-refractivity contribution in [3.05, 3.63) is 88.1 Å². The minimum Gasteiger partial charge on any atom is -0.473 e. The van der Waals surface area contributed by atoms with Gasteiger partial charge in [0.05, 0.1) is 4.92 Å². The van der Waals surface area contributed by atoms with E-state index in [0.29, 0.717) is 29.2 Å². The van der Waals surface area contributed by atoms with E-state index in [0.717, 1.165) is 5.56 Å². The molecule has 1 aromatic heterocycles. The maximum atomic E-state index is 11.6. The van der Waals surface area contributed by atoms with Crippen LogP contribution in [-0.2, 0) is 17.8 Å². The lowest BCUT2D eigenvalue weighted by molar-refractivity contribution is -0.385. The highest BCUT2D eigenvalue weighted by Crippen LogP contribution is 2.30. The zero-order valence-corrected chi connectivity index (χ0v) is 17.3. The van der Waals surface area contributed by atoms with Gasteiger partial charge >= 0.3 is 6.09 Å². The van der Waals surface area contributed by atoms with Crippen LogP contribution in [0.5, 0.6) is 5.88 Å². The normalized spacial score (nSPS) is 11.0. The Kier molecular flexibility index (Phi) is 6.49. The molecule has 0 aliphatic carbocycles. The van der Waals surface area contributed by atoms with Gasteiger partial charge in [0.15, 0.2) is 0 Å². The summed E-state index contributed by atoms with van der Waals surface area (Å²) in [7, 11) is 0. The number of carbonyl (C=O) groups excluding carboxylic acids is 1. The second kappa shape index (κ2) is 9.25. The van der Waals surface area contributed by atoms with Crippen LogP contribution in [0, 0.1) is 10.1 Å². The lowest BCUT2D eigenvalue weighted by Gasteiger charge is -2.24. The lowest BCUT2D eigenvalue weighted by Crippen LogP contribution is -2.33. The molecule has 0 aliphatic rings. The summed E-state index contributed by atoms with van der Waals surface area (Å²) >= 11 is 0. The van der Waals surface area contributed by atoms with E-state index in [1.807, 2.05) is 30.3 Å². The number of nitrogens with zero attached hydrogens (tertiary/aromatic N) is 2. The van der Waals surface area contributed by atoms with E-state index in [1.165, 1.54) is 6.07 Å². The van der Waals surface area contributed by atoms with Crippen molar-refractivity contribution in [2.45, 2.75) is 32.5 Å². The molecule has 2 N–H and O–H groups in total. The highest BCUT2D eigenvalue weighted by Gasteiger charge is 2.27. The number of nitrogens with two attached hydrogens (primary N) is 1. The van der Waals surface area contributed by atoms with Crippen LogP contribution in [0.2, 0.25) is 0 Å². The fraction of sp³-hybridized carbons (Fsp3) is 0.217. The van der Waals surface area contributed by atoms with Crippen molar-refractivity contribution < 1.29 is 19.2 Å². The number of amides is 1. The quantitative estimate of drug-likeness (QED) is 0.418. The Hall–Kier alpha value is -3.94. The first-order valence-corrected chi connectivity index (χ1v) is 9.62. The highest BCUT2D eigenvalue weighted by atomic mass is 16.6. The van der Waals surface area contributed by atoms with Gasteiger partial charge in [-0.05, 0) is 31.0 Å². The Morgan fingerprint density at radius 1 is 1.10 bits per heavy atom. The first kappa shape index (κ1) is 21.8. The fourth-order valence-electron chi connectivity index (χ4n) is 3.20. The first-order valence-electron chi connectivity index (χ1n) is 9.62. The topological polar surface area (TPSA) is 118 Å². The number of aromatic nitrogens is 1. The van der Waals surface area contributed by atoms with E-state index < -0.39 is 16.6 Å². The number of rotatable bonds is 8. The molecule has 0 saturated heterocycles. The Bertz CT molecular complexity index is 1070. The van der Waals surface area contributed by atoms with Crippen molar-refractivity contribution in [1.82, 2.24) is 4.98 Å². The molecule has 8 nitrogen and oxygen atoms in total. The molecule has 160 valence electrons. The third-order valence-electron chi connectivity index (χ3n) is 4.57. The van der Waals surface area contributed by atoms with Crippen LogP contribution in [0.3, 0.4) is 0 Å². The van der Waals surface area contributed by atoms with E-state index in [9.17, 15) is 14.9 Å².